The monoisotopic (exact) mass is 631 g/mol. The quantitative estimate of drug-likeness (QED) is 0.152. The van der Waals surface area contributed by atoms with Crippen molar-refractivity contribution in [2.24, 2.45) is 0 Å². The Hall–Kier alpha value is -3.28. The van der Waals surface area contributed by atoms with E-state index >= 15 is 0 Å². The molecule has 0 aliphatic carbocycles. The molecule has 41 heavy (non-hydrogen) atoms. The molecule has 1 heterocycles. The maximum absolute atomic E-state index is 14.5. The van der Waals surface area contributed by atoms with E-state index in [1.165, 1.54) is 43.5 Å². The predicted octanol–water partition coefficient (Wildman–Crippen LogP) is 7.62. The molecular weight excluding hydrogens is 609 g/mol. The summed E-state index contributed by atoms with van der Waals surface area (Å²) in [4.78, 5) is 11.1. The van der Waals surface area contributed by atoms with E-state index in [1.54, 1.807) is 6.92 Å². The summed E-state index contributed by atoms with van der Waals surface area (Å²) in [6.45, 7) is 1.28. The van der Waals surface area contributed by atoms with E-state index in [0.717, 1.165) is 22.5 Å². The Bertz CT molecular complexity index is 1610. The smallest absolute Gasteiger partial charge is 0.416 e. The molecule has 1 aliphatic rings. The highest BCUT2D eigenvalue weighted by atomic mass is 35.5. The maximum atomic E-state index is 14.5. The molecule has 0 spiro atoms. The third kappa shape index (κ3) is 6.63. The van der Waals surface area contributed by atoms with Gasteiger partial charge in [0.25, 0.3) is 10.0 Å². The fraction of sp³-hybridized carbons (Fsp3) is 0.250. The summed E-state index contributed by atoms with van der Waals surface area (Å²) in [5.74, 6) is -1.09. The van der Waals surface area contributed by atoms with Gasteiger partial charge in [0.05, 0.1) is 39.8 Å². The van der Waals surface area contributed by atoms with Gasteiger partial charge < -0.3 is 9.47 Å². The van der Waals surface area contributed by atoms with Crippen LogP contribution < -0.4 is 9.04 Å². The number of carbonyl (C=O) groups is 1. The van der Waals surface area contributed by atoms with E-state index in [0.29, 0.717) is 11.6 Å². The first-order valence-electron chi connectivity index (χ1n) is 12.1. The number of ether oxygens (including phenoxy) is 2. The number of alkyl halides is 3. The van der Waals surface area contributed by atoms with Crippen molar-refractivity contribution in [3.05, 3.63) is 87.2 Å². The molecular formula is C28H23Cl2F4NO5S. The second-order valence-electron chi connectivity index (χ2n) is 9.18. The van der Waals surface area contributed by atoms with Crippen LogP contribution in [0.15, 0.2) is 59.5 Å². The molecule has 0 fully saturated rings. The largest absolute Gasteiger partial charge is 0.486 e. The first-order chi connectivity index (χ1) is 19.2. The number of carbonyl (C=O) groups excluding carboxylic acids is 1. The van der Waals surface area contributed by atoms with Crippen molar-refractivity contribution in [2.45, 2.75) is 36.9 Å². The topological polar surface area (TPSA) is 72.9 Å². The highest BCUT2D eigenvalue weighted by molar-refractivity contribution is 7.92. The van der Waals surface area contributed by atoms with E-state index < -0.39 is 44.5 Å². The maximum Gasteiger partial charge on any atom is 0.416 e. The molecule has 0 saturated carbocycles. The summed E-state index contributed by atoms with van der Waals surface area (Å²) in [5, 5.41) is 0.277. The van der Waals surface area contributed by atoms with Crippen molar-refractivity contribution in [2.75, 3.05) is 18.0 Å². The van der Waals surface area contributed by atoms with E-state index in [1.807, 2.05) is 0 Å². The molecule has 1 atom stereocenters. The first kappa shape index (κ1) is 30.7. The molecule has 13 heteroatoms. The molecule has 4 rings (SSSR count). The van der Waals surface area contributed by atoms with Crippen molar-refractivity contribution in [3.8, 4) is 5.75 Å². The van der Waals surface area contributed by atoms with Crippen molar-refractivity contribution in [1.82, 2.24) is 0 Å². The SMILES string of the molecule is COC(=O)CCC1CN(S(=O)(=O)c2cccc(C(F)(F)F)c2)c2cc(C=C(C)c3c(F)cccc3Cl)c(Cl)cc2O1. The highest BCUT2D eigenvalue weighted by Crippen LogP contribution is 2.43. The second-order valence-corrected chi connectivity index (χ2v) is 11.9. The van der Waals surface area contributed by atoms with E-state index in [4.69, 9.17) is 27.9 Å². The molecule has 0 bridgehead atoms. The average Bonchev–Trinajstić information content (AvgIpc) is 2.91. The van der Waals surface area contributed by atoms with Crippen LogP contribution in [-0.2, 0) is 25.7 Å². The molecule has 3 aromatic rings. The molecule has 0 saturated heterocycles. The fourth-order valence-corrected chi connectivity index (χ4v) is 6.42. The Morgan fingerprint density at radius 1 is 1.12 bits per heavy atom. The minimum Gasteiger partial charge on any atom is -0.486 e. The second kappa shape index (κ2) is 11.9. The minimum absolute atomic E-state index is 0.000176. The molecule has 0 amide bonds. The summed E-state index contributed by atoms with van der Waals surface area (Å²) in [7, 11) is -3.36. The number of esters is 1. The molecule has 1 unspecified atom stereocenters. The van der Waals surface area contributed by atoms with Crippen molar-refractivity contribution in [3.63, 3.8) is 0 Å². The summed E-state index contributed by atoms with van der Waals surface area (Å²) >= 11 is 12.7. The fourth-order valence-electron chi connectivity index (χ4n) is 4.36. The van der Waals surface area contributed by atoms with Gasteiger partial charge in [-0.1, -0.05) is 35.3 Å². The van der Waals surface area contributed by atoms with Crippen LogP contribution in [-0.4, -0.2) is 34.1 Å². The van der Waals surface area contributed by atoms with Gasteiger partial charge in [0.15, 0.2) is 0 Å². The average molecular weight is 632 g/mol. The van der Waals surface area contributed by atoms with Gasteiger partial charge >= 0.3 is 12.1 Å². The standard InChI is InChI=1S/C28H23Cl2F4NO5S/c1-16(27-21(29)7-4-8-23(27)31)11-17-12-24-25(14-22(17)30)40-19(9-10-26(36)39-2)15-35(24)41(37,38)20-6-3-5-18(13-20)28(32,33)34/h3-8,11-14,19H,9-10,15H2,1-2H3. The Kier molecular flexibility index (Phi) is 8.91. The molecule has 3 aromatic carbocycles. The van der Waals surface area contributed by atoms with E-state index in [9.17, 15) is 30.8 Å². The van der Waals surface area contributed by atoms with Gasteiger partial charge in [-0.05, 0) is 67.0 Å². The van der Waals surface area contributed by atoms with Gasteiger partial charge in [-0.15, -0.1) is 0 Å². The summed E-state index contributed by atoms with van der Waals surface area (Å²) in [5.41, 5.74) is -0.347. The van der Waals surface area contributed by atoms with Gasteiger partial charge in [0.1, 0.15) is 17.7 Å². The zero-order chi connectivity index (χ0) is 30.1. The Labute approximate surface area is 244 Å². The van der Waals surface area contributed by atoms with E-state index in [-0.39, 0.29) is 52.0 Å². The van der Waals surface area contributed by atoms with Crippen molar-refractivity contribution < 1.29 is 40.2 Å². The molecule has 0 N–H and O–H groups in total. The van der Waals surface area contributed by atoms with Gasteiger partial charge in [-0.3, -0.25) is 9.10 Å². The Morgan fingerprint density at radius 2 is 1.83 bits per heavy atom. The number of rotatable bonds is 7. The minimum atomic E-state index is -4.77. The summed E-state index contributed by atoms with van der Waals surface area (Å²) in [6, 6.07) is 10.3. The van der Waals surface area contributed by atoms with Crippen LogP contribution in [0.1, 0.15) is 36.5 Å². The third-order valence-electron chi connectivity index (χ3n) is 6.39. The molecule has 1 aliphatic heterocycles. The number of fused-ring (bicyclic) bond motifs is 1. The normalized spacial score (nSPS) is 15.8. The van der Waals surface area contributed by atoms with Crippen LogP contribution in [0.5, 0.6) is 5.75 Å². The van der Waals surface area contributed by atoms with Crippen molar-refractivity contribution >= 4 is 56.5 Å². The number of methoxy groups -OCH3 is 1. The van der Waals surface area contributed by atoms with Crippen molar-refractivity contribution in [1.29, 1.82) is 0 Å². The lowest BCUT2D eigenvalue weighted by molar-refractivity contribution is -0.141. The van der Waals surface area contributed by atoms with Gasteiger partial charge in [0.2, 0.25) is 0 Å². The van der Waals surface area contributed by atoms with Crippen LogP contribution in [0.2, 0.25) is 10.0 Å². The van der Waals surface area contributed by atoms with Gasteiger partial charge in [-0.2, -0.15) is 13.2 Å². The molecule has 6 nitrogen and oxygen atoms in total. The summed E-state index contributed by atoms with van der Waals surface area (Å²) in [6.07, 6.45) is -4.14. The van der Waals surface area contributed by atoms with Gasteiger partial charge in [0, 0.05) is 18.1 Å². The highest BCUT2D eigenvalue weighted by Gasteiger charge is 2.37. The van der Waals surface area contributed by atoms with Crippen LogP contribution in [0.4, 0.5) is 23.2 Å². The number of benzene rings is 3. The lowest BCUT2D eigenvalue weighted by atomic mass is 10.0. The summed E-state index contributed by atoms with van der Waals surface area (Å²) < 4.78 is 93.8. The lowest BCUT2D eigenvalue weighted by Crippen LogP contribution is -2.43. The van der Waals surface area contributed by atoms with Crippen LogP contribution in [0.25, 0.3) is 11.6 Å². The number of hydrogen-bond donors (Lipinski definition) is 0. The number of sulfonamides is 1. The van der Waals surface area contributed by atoms with E-state index in [2.05, 4.69) is 4.74 Å². The van der Waals surface area contributed by atoms with Crippen LogP contribution >= 0.6 is 23.2 Å². The number of halogens is 6. The number of hydrogen-bond acceptors (Lipinski definition) is 5. The predicted molar refractivity (Wildman–Crippen MR) is 148 cm³/mol. The van der Waals surface area contributed by atoms with Gasteiger partial charge in [-0.25, -0.2) is 12.8 Å². The number of anilines is 1. The third-order valence-corrected chi connectivity index (χ3v) is 8.80. The Morgan fingerprint density at radius 3 is 2.49 bits per heavy atom. The lowest BCUT2D eigenvalue weighted by Gasteiger charge is -2.36. The number of allylic oxidation sites excluding steroid dienone is 1. The zero-order valence-corrected chi connectivity index (χ0v) is 24.0. The molecule has 218 valence electrons. The number of nitrogens with zero attached hydrogens (tertiary/aromatic N) is 1. The molecule has 0 radical (unpaired) electrons. The zero-order valence-electron chi connectivity index (χ0n) is 21.6. The van der Waals surface area contributed by atoms with Crippen LogP contribution in [0.3, 0.4) is 0 Å². The Balaban J connectivity index is 1.83. The van der Waals surface area contributed by atoms with Crippen LogP contribution in [0, 0.1) is 5.82 Å². The first-order valence-corrected chi connectivity index (χ1v) is 14.3. The molecule has 0 aromatic heterocycles.